The Kier molecular flexibility index (Phi) is 4.36. The third-order valence-corrected chi connectivity index (χ3v) is 5.38. The van der Waals surface area contributed by atoms with Crippen LogP contribution in [0, 0.1) is 10.1 Å². The van der Waals surface area contributed by atoms with E-state index in [0.29, 0.717) is 5.92 Å². The van der Waals surface area contributed by atoms with Gasteiger partial charge >= 0.3 is 0 Å². The zero-order chi connectivity index (χ0) is 17.2. The Morgan fingerprint density at radius 3 is 2.64 bits per heavy atom. The fourth-order valence-corrected chi connectivity index (χ4v) is 3.98. The van der Waals surface area contributed by atoms with Crippen molar-refractivity contribution >= 4 is 11.5 Å². The molecule has 6 heteroatoms. The maximum absolute atomic E-state index is 10.7. The molecule has 25 heavy (non-hydrogen) atoms. The van der Waals surface area contributed by atoms with Gasteiger partial charge in [0, 0.05) is 38.8 Å². The monoisotopic (exact) mass is 338 g/mol. The lowest BCUT2D eigenvalue weighted by Crippen LogP contribution is -2.47. The van der Waals surface area contributed by atoms with Gasteiger partial charge in [0.1, 0.15) is 12.0 Å². The summed E-state index contributed by atoms with van der Waals surface area (Å²) >= 11 is 0. The number of hydrogen-bond acceptors (Lipinski definition) is 5. The third-order valence-electron chi connectivity index (χ3n) is 5.38. The maximum atomic E-state index is 10.7. The molecule has 1 aliphatic carbocycles. The van der Waals surface area contributed by atoms with Gasteiger partial charge in [-0.15, -0.1) is 0 Å². The number of hydrogen-bond donors (Lipinski definition) is 0. The molecule has 0 bridgehead atoms. The zero-order valence-electron chi connectivity index (χ0n) is 14.2. The zero-order valence-corrected chi connectivity index (χ0v) is 14.2. The Hall–Kier alpha value is -2.47. The minimum Gasteiger partial charge on any atom is -0.354 e. The van der Waals surface area contributed by atoms with Gasteiger partial charge in [-0.2, -0.15) is 0 Å². The van der Waals surface area contributed by atoms with Crippen LogP contribution in [0.1, 0.15) is 23.5 Å². The van der Waals surface area contributed by atoms with Crippen LogP contribution in [-0.4, -0.2) is 47.5 Å². The molecule has 0 spiro atoms. The van der Waals surface area contributed by atoms with E-state index in [-0.39, 0.29) is 5.69 Å². The van der Waals surface area contributed by atoms with E-state index in [1.165, 1.54) is 36.2 Å². The Labute approximate surface area is 147 Å². The topological polar surface area (TPSA) is 62.5 Å². The smallest absolute Gasteiger partial charge is 0.287 e. The van der Waals surface area contributed by atoms with Crippen molar-refractivity contribution in [2.75, 3.05) is 37.6 Å². The predicted molar refractivity (Wildman–Crippen MR) is 97.0 cm³/mol. The Morgan fingerprint density at radius 2 is 1.92 bits per heavy atom. The van der Waals surface area contributed by atoms with E-state index in [1.54, 1.807) is 6.07 Å². The summed E-state index contributed by atoms with van der Waals surface area (Å²) in [6, 6.07) is 12.1. The number of benzene rings is 1. The summed E-state index contributed by atoms with van der Waals surface area (Å²) in [7, 11) is 0. The lowest BCUT2D eigenvalue weighted by molar-refractivity contribution is -0.385. The number of rotatable bonds is 4. The van der Waals surface area contributed by atoms with Crippen LogP contribution < -0.4 is 4.90 Å². The van der Waals surface area contributed by atoms with Crippen molar-refractivity contribution in [3.05, 3.63) is 63.8 Å². The van der Waals surface area contributed by atoms with Crippen LogP contribution in [0.4, 0.5) is 11.5 Å². The molecule has 0 saturated carbocycles. The van der Waals surface area contributed by atoms with Crippen molar-refractivity contribution in [3.8, 4) is 0 Å². The number of fused-ring (bicyclic) bond motifs is 1. The van der Waals surface area contributed by atoms with Crippen molar-refractivity contribution in [3.63, 3.8) is 0 Å². The highest BCUT2D eigenvalue weighted by atomic mass is 16.6. The van der Waals surface area contributed by atoms with Gasteiger partial charge in [-0.25, -0.2) is 4.98 Å². The second kappa shape index (κ2) is 6.80. The van der Waals surface area contributed by atoms with Crippen LogP contribution in [-0.2, 0) is 6.42 Å². The molecule has 2 aromatic rings. The van der Waals surface area contributed by atoms with Crippen LogP contribution in [0.5, 0.6) is 0 Å². The van der Waals surface area contributed by atoms with E-state index in [1.807, 2.05) is 0 Å². The molecule has 0 amide bonds. The molecule has 1 saturated heterocycles. The highest BCUT2D eigenvalue weighted by Gasteiger charge is 2.26. The van der Waals surface area contributed by atoms with Crippen molar-refractivity contribution in [2.24, 2.45) is 0 Å². The number of pyridine rings is 1. The van der Waals surface area contributed by atoms with Crippen LogP contribution in [0.2, 0.25) is 0 Å². The summed E-state index contributed by atoms with van der Waals surface area (Å²) in [5.41, 5.74) is 3.09. The van der Waals surface area contributed by atoms with Crippen LogP contribution in [0.25, 0.3) is 0 Å². The molecule has 1 aliphatic heterocycles. The normalized spacial score (nSPS) is 20.5. The first-order valence-corrected chi connectivity index (χ1v) is 8.86. The highest BCUT2D eigenvalue weighted by Crippen LogP contribution is 2.33. The summed E-state index contributed by atoms with van der Waals surface area (Å²) in [4.78, 5) is 19.3. The van der Waals surface area contributed by atoms with E-state index in [0.717, 1.165) is 38.5 Å². The Morgan fingerprint density at radius 1 is 1.12 bits per heavy atom. The van der Waals surface area contributed by atoms with Crippen LogP contribution in [0.15, 0.2) is 42.6 Å². The lowest BCUT2D eigenvalue weighted by atomic mass is 10.0. The number of aromatic nitrogens is 1. The molecule has 2 heterocycles. The second-order valence-electron chi connectivity index (χ2n) is 6.85. The number of aryl methyl sites for hydroxylation is 1. The maximum Gasteiger partial charge on any atom is 0.287 e. The van der Waals surface area contributed by atoms with Gasteiger partial charge in [0.15, 0.2) is 0 Å². The summed E-state index contributed by atoms with van der Waals surface area (Å²) < 4.78 is 0. The molecule has 0 radical (unpaired) electrons. The van der Waals surface area contributed by atoms with Crippen molar-refractivity contribution < 1.29 is 4.92 Å². The summed E-state index contributed by atoms with van der Waals surface area (Å²) in [5.74, 6) is 1.48. The first kappa shape index (κ1) is 16.0. The van der Waals surface area contributed by atoms with Gasteiger partial charge in [0.05, 0.1) is 4.92 Å². The fraction of sp³-hybridized carbons (Fsp3) is 0.421. The van der Waals surface area contributed by atoms with Crippen molar-refractivity contribution in [1.82, 2.24) is 9.88 Å². The number of piperazine rings is 1. The van der Waals surface area contributed by atoms with Gasteiger partial charge in [-0.05, 0) is 36.0 Å². The minimum atomic E-state index is -0.409. The Balaban J connectivity index is 1.34. The standard InChI is InChI=1S/C19H22N4O2/c24-23(25)17-7-8-19(20-13-17)22-11-9-21(10-12-22)14-16-6-5-15-3-1-2-4-18(15)16/h1-4,7-8,13,16H,5-6,9-12,14H2/t16-/m0/s1. The highest BCUT2D eigenvalue weighted by molar-refractivity contribution is 5.43. The SMILES string of the molecule is O=[N+]([O-])c1ccc(N2CCN(C[C@@H]3CCc4ccccc43)CC2)nc1. The first-order chi connectivity index (χ1) is 12.2. The molecular weight excluding hydrogens is 316 g/mol. The number of nitrogens with zero attached hydrogens (tertiary/aromatic N) is 4. The van der Waals surface area contributed by atoms with E-state index in [9.17, 15) is 10.1 Å². The number of anilines is 1. The molecule has 0 N–H and O–H groups in total. The first-order valence-electron chi connectivity index (χ1n) is 8.86. The third kappa shape index (κ3) is 3.35. The largest absolute Gasteiger partial charge is 0.354 e. The van der Waals surface area contributed by atoms with Gasteiger partial charge in [0.25, 0.3) is 5.69 Å². The van der Waals surface area contributed by atoms with Gasteiger partial charge in [-0.1, -0.05) is 24.3 Å². The van der Waals surface area contributed by atoms with E-state index in [2.05, 4.69) is 39.0 Å². The molecule has 2 aliphatic rings. The second-order valence-corrected chi connectivity index (χ2v) is 6.85. The van der Waals surface area contributed by atoms with Crippen molar-refractivity contribution in [1.29, 1.82) is 0 Å². The molecule has 6 nitrogen and oxygen atoms in total. The average molecular weight is 338 g/mol. The molecule has 4 rings (SSSR count). The van der Waals surface area contributed by atoms with E-state index in [4.69, 9.17) is 0 Å². The van der Waals surface area contributed by atoms with Gasteiger partial charge in [-0.3, -0.25) is 15.0 Å². The molecule has 1 aromatic carbocycles. The minimum absolute atomic E-state index is 0.0438. The quantitative estimate of drug-likeness (QED) is 0.634. The summed E-state index contributed by atoms with van der Waals surface area (Å²) in [6.45, 7) is 4.98. The summed E-state index contributed by atoms with van der Waals surface area (Å²) in [5, 5.41) is 10.7. The van der Waals surface area contributed by atoms with Crippen LogP contribution >= 0.6 is 0 Å². The average Bonchev–Trinajstić information content (AvgIpc) is 3.06. The van der Waals surface area contributed by atoms with E-state index < -0.39 is 4.92 Å². The van der Waals surface area contributed by atoms with Crippen LogP contribution in [0.3, 0.4) is 0 Å². The predicted octanol–water partition coefficient (Wildman–Crippen LogP) is 2.84. The molecular formula is C19H22N4O2. The van der Waals surface area contributed by atoms with Crippen molar-refractivity contribution in [2.45, 2.75) is 18.8 Å². The molecule has 1 aromatic heterocycles. The Bertz CT molecular complexity index is 754. The molecule has 1 atom stereocenters. The van der Waals surface area contributed by atoms with Gasteiger partial charge < -0.3 is 4.90 Å². The molecule has 130 valence electrons. The fourth-order valence-electron chi connectivity index (χ4n) is 3.98. The lowest BCUT2D eigenvalue weighted by Gasteiger charge is -2.36. The summed E-state index contributed by atoms with van der Waals surface area (Å²) in [6.07, 6.45) is 3.80. The molecule has 0 unspecified atom stereocenters. The molecule has 1 fully saturated rings. The van der Waals surface area contributed by atoms with E-state index >= 15 is 0 Å². The number of nitro groups is 1. The van der Waals surface area contributed by atoms with Gasteiger partial charge in [0.2, 0.25) is 0 Å².